The fraction of sp³-hybridized carbons (Fsp3) is 0.372. The summed E-state index contributed by atoms with van der Waals surface area (Å²) in [6.07, 6.45) is -10.8. The molecule has 0 bridgehead atoms. The van der Waals surface area contributed by atoms with E-state index in [4.69, 9.17) is 66.1 Å². The summed E-state index contributed by atoms with van der Waals surface area (Å²) in [4.78, 5) is 68.4. The summed E-state index contributed by atoms with van der Waals surface area (Å²) in [5.74, 6) is -4.58. The number of aliphatic carboxylic acids is 1. The van der Waals surface area contributed by atoms with Crippen LogP contribution in [0.15, 0.2) is 176 Å². The first-order chi connectivity index (χ1) is 51.5. The van der Waals surface area contributed by atoms with E-state index >= 15 is 0 Å². The fourth-order valence-corrected chi connectivity index (χ4v) is 18.3. The van der Waals surface area contributed by atoms with Crippen molar-refractivity contribution in [2.75, 3.05) is 74.0 Å². The van der Waals surface area contributed by atoms with Crippen LogP contribution in [0.4, 0.5) is 44.7 Å². The molecular weight excluding hydrogens is 1720 g/mol. The number of nitrogens with one attached hydrogen (secondary N) is 1. The second-order valence-electron chi connectivity index (χ2n) is 26.7. The number of aliphatic hydroxyl groups excluding tert-OH is 1. The summed E-state index contributed by atoms with van der Waals surface area (Å²) in [5.41, 5.74) is 3.12. The number of likely N-dealkylation sites (N-methyl/N-ethyl adjacent to an activating group) is 4. The van der Waals surface area contributed by atoms with Crippen LogP contribution in [-0.4, -0.2) is 159 Å². The van der Waals surface area contributed by atoms with Gasteiger partial charge in [-0.2, -0.15) is 93.8 Å². The number of aliphatic hydroxyl groups is 1. The molecule has 114 heavy (non-hydrogen) atoms. The maximum atomic E-state index is 14.5. The zero-order valence-electron chi connectivity index (χ0n) is 62.3. The van der Waals surface area contributed by atoms with Crippen molar-refractivity contribution < 1.29 is 87.2 Å². The van der Waals surface area contributed by atoms with E-state index in [1.165, 1.54) is 117 Å². The SMILES string of the molecule is C=CC[C@@](CN(C)C(=O)CC(F)(F)F)(c1ccc(Cl)c(Cl)c1)N(C)C(=O)Oc1ccccc1F.CN(C[C@](CCCN1CCC2(CC1)c1ccccc1CS2=O)(c1ccc(Cl)c(Cl)c1)N(C)C(=O)Oc1ccccc1F)C(=O)CC(F)(F)F.O=C(O)[C@@H](O)c1ccccc1.O=S1Cc2ccccc2C12CCNCC2.S.S.S.S.S. The number of carbonyl (C=O) groups is 5. The predicted molar refractivity (Wildman–Crippen MR) is 456 cm³/mol. The predicted octanol–water partition coefficient (Wildman–Crippen LogP) is 17.2. The Morgan fingerprint density at radius 1 is 0.561 bits per heavy atom. The van der Waals surface area contributed by atoms with Gasteiger partial charge >= 0.3 is 30.5 Å². The largest absolute Gasteiger partial charge is 0.479 e. The van der Waals surface area contributed by atoms with Gasteiger partial charge < -0.3 is 39.7 Å². The van der Waals surface area contributed by atoms with Crippen molar-refractivity contribution in [2.45, 2.75) is 108 Å². The molecule has 7 aromatic rings. The Kier molecular flexibility index (Phi) is 40.3. The second-order valence-corrected chi connectivity index (χ2v) is 31.9. The molecule has 0 saturated carbocycles. The zero-order chi connectivity index (χ0) is 79.8. The molecule has 0 aromatic heterocycles. The van der Waals surface area contributed by atoms with Crippen molar-refractivity contribution in [3.05, 3.63) is 247 Å². The van der Waals surface area contributed by atoms with Gasteiger partial charge in [0.05, 0.1) is 40.7 Å². The third-order valence-electron chi connectivity index (χ3n) is 19.8. The van der Waals surface area contributed by atoms with Crippen LogP contribution in [0.2, 0.25) is 20.1 Å². The molecule has 4 aliphatic rings. The molecular formula is C78H92Cl4F8N6O11S7. The van der Waals surface area contributed by atoms with Crippen LogP contribution < -0.4 is 14.8 Å². The first-order valence-electron chi connectivity index (χ1n) is 34.4. The highest BCUT2D eigenvalue weighted by atomic mass is 35.5. The molecule has 17 nitrogen and oxygen atoms in total. The summed E-state index contributed by atoms with van der Waals surface area (Å²) < 4.78 is 143. The third kappa shape index (κ3) is 25.6. The summed E-state index contributed by atoms with van der Waals surface area (Å²) in [6, 6.07) is 44.3. The molecule has 4 aliphatic heterocycles. The van der Waals surface area contributed by atoms with Gasteiger partial charge in [0.1, 0.15) is 12.8 Å². The van der Waals surface area contributed by atoms with Crippen molar-refractivity contribution in [2.24, 2.45) is 0 Å². The monoisotopic (exact) mass is 1800 g/mol. The number of hydrogen-bond donors (Lipinski definition) is 3. The van der Waals surface area contributed by atoms with Gasteiger partial charge in [0, 0.05) is 74.4 Å². The maximum absolute atomic E-state index is 14.5. The Morgan fingerprint density at radius 3 is 1.36 bits per heavy atom. The van der Waals surface area contributed by atoms with Crippen molar-refractivity contribution in [1.29, 1.82) is 0 Å². The molecule has 4 amide bonds. The van der Waals surface area contributed by atoms with Gasteiger partial charge in [-0.05, 0) is 165 Å². The van der Waals surface area contributed by atoms with Gasteiger partial charge in [-0.25, -0.2) is 23.2 Å². The Hall–Kier alpha value is -6.24. The molecule has 2 unspecified atom stereocenters. The second kappa shape index (κ2) is 45.1. The lowest BCUT2D eigenvalue weighted by Crippen LogP contribution is -2.55. The molecule has 4 heterocycles. The van der Waals surface area contributed by atoms with E-state index in [-0.39, 0.29) is 130 Å². The summed E-state index contributed by atoms with van der Waals surface area (Å²) in [7, 11) is 3.39. The Morgan fingerprint density at radius 2 is 0.947 bits per heavy atom. The van der Waals surface area contributed by atoms with Gasteiger partial charge in [-0.1, -0.05) is 168 Å². The number of carbonyl (C=O) groups excluding carboxylic acids is 4. The molecule has 3 N–H and O–H groups in total. The smallest absolute Gasteiger partial charge is 0.415 e. The van der Waals surface area contributed by atoms with E-state index in [0.717, 1.165) is 69.6 Å². The number of piperidine rings is 2. The van der Waals surface area contributed by atoms with E-state index < -0.39 is 110 Å². The highest BCUT2D eigenvalue weighted by Gasteiger charge is 2.50. The Balaban J connectivity index is 0.000000444. The third-order valence-corrected chi connectivity index (χ3v) is 25.4. The number of hydrogen-bond acceptors (Lipinski definition) is 12. The van der Waals surface area contributed by atoms with Crippen LogP contribution in [0, 0.1) is 11.6 Å². The molecule has 11 rings (SSSR count). The number of rotatable bonds is 20. The standard InChI is InChI=1S/C35H37Cl2F4N3O4S.C23H22Cl2F4N2O3.C12H15NOS.C8H8O3.5H2S/c1-42(31(45)21-35(39,40)41)23-33(25-12-13-27(36)28(37)20-25,43(2)32(46)48-30-11-6-5-10-29(30)38)14-7-17-44-18-15-34(16-19-44)26-9-4-3-8-24(26)22-49(34)47;1-4-11-22(15-9-10-16(24)17(25)12-15,14-30(2)20(32)13-23(27,28)29)31(3)21(33)34-19-8-6-5-7-18(19)26;14-15-9-10-3-1-2-4-11(10)12(15)5-7-13-8-6-12;9-7(8(10)11)6-4-2-1-3-5-6;;;;;/h3-6,8-13,20H,7,14-19,21-23H2,1-2H3;4-10,12H,1,11,13-14H2,2-3H3;1-4,13H,5-9H2;1-5,7,9H,(H,10,11);5*1H2/t33-,49?;22-;;7-;;;;;/m11.0...../s1. The number of halogens is 12. The van der Waals surface area contributed by atoms with Gasteiger partial charge in [-0.15, -0.1) is 6.58 Å². The van der Waals surface area contributed by atoms with Crippen molar-refractivity contribution in [1.82, 2.24) is 29.8 Å². The summed E-state index contributed by atoms with van der Waals surface area (Å²) in [6.45, 7) is 6.84. The number of carboxylic acids is 1. The van der Waals surface area contributed by atoms with E-state index in [9.17, 15) is 67.5 Å². The van der Waals surface area contributed by atoms with Crippen molar-refractivity contribution in [3.8, 4) is 11.5 Å². The Labute approximate surface area is 717 Å². The highest BCUT2D eigenvalue weighted by Crippen LogP contribution is 2.48. The first-order valence-corrected chi connectivity index (χ1v) is 38.5. The quantitative estimate of drug-likeness (QED) is 0.0480. The van der Waals surface area contributed by atoms with E-state index in [0.29, 0.717) is 61.3 Å². The number of nitrogens with zero attached hydrogens (tertiary/aromatic N) is 5. The minimum Gasteiger partial charge on any atom is -0.479 e. The lowest BCUT2D eigenvalue weighted by Gasteiger charge is -2.45. The van der Waals surface area contributed by atoms with Crippen LogP contribution >= 0.6 is 114 Å². The molecule has 0 radical (unpaired) electrons. The van der Waals surface area contributed by atoms with Crippen LogP contribution in [0.1, 0.15) is 103 Å². The first kappa shape index (κ1) is 102. The zero-order valence-corrected chi connectivity index (χ0v) is 72.0. The Bertz CT molecular complexity index is 4450. The number of para-hydroxylation sites is 2. The van der Waals surface area contributed by atoms with E-state index in [2.05, 4.69) is 47.1 Å². The molecule has 0 aliphatic carbocycles. The molecule has 2 saturated heterocycles. The molecule has 36 heteroatoms. The lowest BCUT2D eigenvalue weighted by molar-refractivity contribution is -0.163. The van der Waals surface area contributed by atoms with E-state index in [1.807, 2.05) is 18.2 Å². The van der Waals surface area contributed by atoms with E-state index in [1.54, 1.807) is 36.4 Å². The lowest BCUT2D eigenvalue weighted by atomic mass is 9.82. The highest BCUT2D eigenvalue weighted by molar-refractivity contribution is 7.85. The molecule has 2 spiro atoms. The van der Waals surface area contributed by atoms with Crippen LogP contribution in [-0.2, 0) is 68.1 Å². The average Bonchev–Trinajstić information content (AvgIpc) is 1.66. The maximum Gasteiger partial charge on any atom is 0.415 e. The summed E-state index contributed by atoms with van der Waals surface area (Å²) >= 11 is 24.8. The number of amides is 4. The number of alkyl halides is 6. The van der Waals surface area contributed by atoms with Crippen LogP contribution in [0.25, 0.3) is 0 Å². The number of benzene rings is 7. The normalized spacial score (nSPS) is 16.7. The fourth-order valence-electron chi connectivity index (χ4n) is 13.9. The minimum absolute atomic E-state index is 0. The van der Waals surface area contributed by atoms with Crippen molar-refractivity contribution in [3.63, 3.8) is 0 Å². The molecule has 5 atom stereocenters. The number of carboxylic acid groups (broad SMARTS) is 1. The molecule has 2 fully saturated rings. The molecule has 7 aromatic carbocycles. The number of ether oxygens (including phenoxy) is 2. The average molecular weight is 1810 g/mol. The topological polar surface area (TPSA) is 207 Å². The minimum atomic E-state index is -4.75. The van der Waals surface area contributed by atoms with Crippen molar-refractivity contribution >= 4 is 165 Å². The van der Waals surface area contributed by atoms with Gasteiger partial charge in [0.15, 0.2) is 29.2 Å². The summed E-state index contributed by atoms with van der Waals surface area (Å²) in [5, 5.41) is 21.4. The van der Waals surface area contributed by atoms with Gasteiger partial charge in [0.2, 0.25) is 11.8 Å². The number of fused-ring (bicyclic) bond motifs is 4. The number of likely N-dealkylation sites (tertiary alicyclic amines) is 1. The molecule has 626 valence electrons. The van der Waals surface area contributed by atoms with Gasteiger partial charge in [-0.3, -0.25) is 27.8 Å². The van der Waals surface area contributed by atoms with Gasteiger partial charge in [0.25, 0.3) is 0 Å². The van der Waals surface area contributed by atoms with Crippen LogP contribution in [0.3, 0.4) is 0 Å². The van der Waals surface area contributed by atoms with Crippen LogP contribution in [0.5, 0.6) is 11.5 Å².